The fraction of sp³-hybridized carbons (Fsp3) is 0.636. The molecular weight excluding hydrogens is 270 g/mol. The molecule has 0 bridgehead atoms. The Morgan fingerprint density at radius 1 is 1.40 bits per heavy atom. The smallest absolute Gasteiger partial charge is 0.328 e. The second-order valence-electron chi connectivity index (χ2n) is 4.90. The minimum atomic E-state index is -1.40. The molecule has 0 aromatic rings. The zero-order chi connectivity index (χ0) is 15.5. The minimum absolute atomic E-state index is 0.155. The van der Waals surface area contributed by atoms with Crippen molar-refractivity contribution in [1.29, 1.82) is 0 Å². The highest BCUT2D eigenvalue weighted by atomic mass is 16.4. The minimum Gasteiger partial charge on any atom is -0.480 e. The number of amides is 4. The monoisotopic (exact) mass is 287 g/mol. The Balaban J connectivity index is 2.52. The maximum Gasteiger partial charge on any atom is 0.328 e. The number of carboxylic acid groups (broad SMARTS) is 1. The number of nitrogens with zero attached hydrogens (tertiary/aromatic N) is 1. The highest BCUT2D eigenvalue weighted by Crippen LogP contribution is 2.16. The van der Waals surface area contributed by atoms with Crippen LogP contribution in [0.25, 0.3) is 0 Å². The van der Waals surface area contributed by atoms with Crippen LogP contribution in [0.4, 0.5) is 4.79 Å². The van der Waals surface area contributed by atoms with Crippen LogP contribution < -0.4 is 10.6 Å². The van der Waals surface area contributed by atoms with E-state index in [0.29, 0.717) is 0 Å². The third kappa shape index (κ3) is 3.44. The Labute approximate surface area is 114 Å². The first-order chi connectivity index (χ1) is 9.19. The zero-order valence-electron chi connectivity index (χ0n) is 11.2. The Bertz CT molecular complexity index is 447. The number of carbonyl (C=O) groups is 4. The maximum absolute atomic E-state index is 11.8. The van der Waals surface area contributed by atoms with E-state index in [0.717, 1.165) is 4.90 Å². The number of hydrogen-bond donors (Lipinski definition) is 4. The second-order valence-corrected chi connectivity index (χ2v) is 4.90. The molecule has 4 N–H and O–H groups in total. The molecule has 9 nitrogen and oxygen atoms in total. The second kappa shape index (κ2) is 5.87. The van der Waals surface area contributed by atoms with Gasteiger partial charge in [0.15, 0.2) is 0 Å². The summed E-state index contributed by atoms with van der Waals surface area (Å²) in [7, 11) is 0. The number of nitrogens with one attached hydrogen (secondary N) is 2. The van der Waals surface area contributed by atoms with Crippen LogP contribution in [0, 0.1) is 0 Å². The van der Waals surface area contributed by atoms with Crippen molar-refractivity contribution in [2.45, 2.75) is 31.8 Å². The molecule has 1 rings (SSSR count). The lowest BCUT2D eigenvalue weighted by molar-refractivity contribution is -0.143. The average Bonchev–Trinajstić information content (AvgIpc) is 2.53. The largest absolute Gasteiger partial charge is 0.480 e. The van der Waals surface area contributed by atoms with E-state index in [1.54, 1.807) is 13.8 Å². The third-order valence-corrected chi connectivity index (χ3v) is 2.82. The molecule has 0 saturated carbocycles. The molecule has 0 spiro atoms. The van der Waals surface area contributed by atoms with Crippen molar-refractivity contribution in [2.24, 2.45) is 0 Å². The molecule has 0 radical (unpaired) electrons. The van der Waals surface area contributed by atoms with Crippen LogP contribution in [0.2, 0.25) is 0 Å². The normalized spacial score (nSPS) is 18.6. The number of aliphatic hydroxyl groups excluding tert-OH is 1. The van der Waals surface area contributed by atoms with Crippen LogP contribution in [-0.2, 0) is 14.4 Å². The molecule has 1 saturated heterocycles. The summed E-state index contributed by atoms with van der Waals surface area (Å²) in [6.45, 7) is 2.19. The van der Waals surface area contributed by atoms with Crippen molar-refractivity contribution in [2.75, 3.05) is 13.2 Å². The van der Waals surface area contributed by atoms with Gasteiger partial charge in [-0.1, -0.05) is 0 Å². The van der Waals surface area contributed by atoms with Gasteiger partial charge in [-0.05, 0) is 13.8 Å². The first-order valence-electron chi connectivity index (χ1n) is 5.96. The molecule has 1 unspecified atom stereocenters. The van der Waals surface area contributed by atoms with E-state index in [4.69, 9.17) is 10.2 Å². The van der Waals surface area contributed by atoms with Gasteiger partial charge in [0, 0.05) is 13.0 Å². The highest BCUT2D eigenvalue weighted by molar-refractivity contribution is 6.06. The van der Waals surface area contributed by atoms with Gasteiger partial charge in [0.05, 0.1) is 6.61 Å². The summed E-state index contributed by atoms with van der Waals surface area (Å²) in [6.07, 6.45) is -0.237. The molecule has 1 heterocycles. The van der Waals surface area contributed by atoms with E-state index in [2.05, 4.69) is 10.6 Å². The van der Waals surface area contributed by atoms with Crippen molar-refractivity contribution in [3.63, 3.8) is 0 Å². The lowest BCUT2D eigenvalue weighted by Crippen LogP contribution is -2.45. The summed E-state index contributed by atoms with van der Waals surface area (Å²) in [6, 6.07) is -1.99. The molecule has 0 aliphatic carbocycles. The van der Waals surface area contributed by atoms with Crippen LogP contribution in [0.1, 0.15) is 20.3 Å². The number of aliphatic hydroxyl groups is 1. The highest BCUT2D eigenvalue weighted by Gasteiger charge is 2.44. The lowest BCUT2D eigenvalue weighted by atomic mass is 10.1. The van der Waals surface area contributed by atoms with E-state index in [1.807, 2.05) is 0 Å². The number of rotatable bonds is 6. The predicted molar refractivity (Wildman–Crippen MR) is 65.6 cm³/mol. The van der Waals surface area contributed by atoms with Crippen LogP contribution >= 0.6 is 0 Å². The number of carbonyl (C=O) groups excluding carboxylic acids is 3. The van der Waals surface area contributed by atoms with Gasteiger partial charge in [-0.2, -0.15) is 0 Å². The Kier molecular flexibility index (Phi) is 4.66. The van der Waals surface area contributed by atoms with Crippen molar-refractivity contribution >= 4 is 23.8 Å². The summed E-state index contributed by atoms with van der Waals surface area (Å²) < 4.78 is 0. The molecule has 9 heteroatoms. The first-order valence-corrected chi connectivity index (χ1v) is 5.96. The van der Waals surface area contributed by atoms with Crippen LogP contribution in [-0.4, -0.2) is 63.7 Å². The van der Waals surface area contributed by atoms with Gasteiger partial charge in [-0.15, -0.1) is 0 Å². The lowest BCUT2D eigenvalue weighted by Gasteiger charge is -2.16. The number of urea groups is 1. The molecule has 0 aromatic heterocycles. The van der Waals surface area contributed by atoms with Gasteiger partial charge in [0.2, 0.25) is 5.91 Å². The molecule has 1 fully saturated rings. The third-order valence-electron chi connectivity index (χ3n) is 2.82. The van der Waals surface area contributed by atoms with E-state index < -0.39 is 42.0 Å². The topological polar surface area (TPSA) is 136 Å². The van der Waals surface area contributed by atoms with E-state index in [-0.39, 0.29) is 13.0 Å². The van der Waals surface area contributed by atoms with E-state index in [1.165, 1.54) is 0 Å². The molecule has 0 aromatic carbocycles. The van der Waals surface area contributed by atoms with Crippen molar-refractivity contribution in [1.82, 2.24) is 15.5 Å². The Hall–Kier alpha value is -2.16. The van der Waals surface area contributed by atoms with E-state index >= 15 is 0 Å². The predicted octanol–water partition coefficient (Wildman–Crippen LogP) is -1.73. The Morgan fingerprint density at radius 2 is 2.00 bits per heavy atom. The number of hydrogen-bond acceptors (Lipinski definition) is 5. The fourth-order valence-corrected chi connectivity index (χ4v) is 1.69. The molecule has 1 aliphatic rings. The van der Waals surface area contributed by atoms with Crippen molar-refractivity contribution in [3.05, 3.63) is 0 Å². The standard InChI is InChI=1S/C11H17N3O6/c1-11(2)9(19)14(10(20)13-11)4-3-7(16)12-6(5-15)8(17)18/h6,15H,3-5H2,1-2H3,(H,12,16)(H,13,20)(H,17,18). The maximum atomic E-state index is 11.8. The molecule has 1 aliphatic heterocycles. The van der Waals surface area contributed by atoms with Gasteiger partial charge < -0.3 is 20.8 Å². The number of aliphatic carboxylic acids is 1. The van der Waals surface area contributed by atoms with Gasteiger partial charge in [-0.25, -0.2) is 9.59 Å². The van der Waals surface area contributed by atoms with E-state index in [9.17, 15) is 19.2 Å². The van der Waals surface area contributed by atoms with Crippen molar-refractivity contribution < 1.29 is 29.4 Å². The Morgan fingerprint density at radius 3 is 2.40 bits per heavy atom. The number of carboxylic acids is 1. The van der Waals surface area contributed by atoms with Gasteiger partial charge in [-0.3, -0.25) is 14.5 Å². The summed E-state index contributed by atoms with van der Waals surface area (Å²) in [4.78, 5) is 46.3. The van der Waals surface area contributed by atoms with Crippen LogP contribution in [0.5, 0.6) is 0 Å². The van der Waals surface area contributed by atoms with Gasteiger partial charge >= 0.3 is 12.0 Å². The summed E-state index contributed by atoms with van der Waals surface area (Å²) in [5.74, 6) is -2.49. The van der Waals surface area contributed by atoms with Crippen LogP contribution in [0.15, 0.2) is 0 Å². The molecule has 20 heavy (non-hydrogen) atoms. The average molecular weight is 287 g/mol. The first kappa shape index (κ1) is 15.9. The summed E-state index contributed by atoms with van der Waals surface area (Å²) in [5.41, 5.74) is -1.01. The fourth-order valence-electron chi connectivity index (χ4n) is 1.69. The molecule has 1 atom stereocenters. The van der Waals surface area contributed by atoms with Crippen molar-refractivity contribution in [3.8, 4) is 0 Å². The molecule has 112 valence electrons. The SMILES string of the molecule is CC1(C)NC(=O)N(CCC(=O)NC(CO)C(=O)O)C1=O. The zero-order valence-corrected chi connectivity index (χ0v) is 11.2. The number of imide groups is 1. The quantitative estimate of drug-likeness (QED) is 0.428. The summed E-state index contributed by atoms with van der Waals surface area (Å²) in [5, 5.41) is 21.9. The molecule has 4 amide bonds. The van der Waals surface area contributed by atoms with Crippen LogP contribution in [0.3, 0.4) is 0 Å². The molecular formula is C11H17N3O6. The summed E-state index contributed by atoms with van der Waals surface area (Å²) >= 11 is 0. The van der Waals surface area contributed by atoms with Gasteiger partial charge in [0.25, 0.3) is 5.91 Å². The van der Waals surface area contributed by atoms with Gasteiger partial charge in [0.1, 0.15) is 11.6 Å².